The summed E-state index contributed by atoms with van der Waals surface area (Å²) in [6.07, 6.45) is 2.08. The molecule has 1 aromatic rings. The molecule has 0 aliphatic heterocycles. The largest absolute Gasteiger partial charge is 0.465 e. The molecule has 1 aromatic carbocycles. The summed E-state index contributed by atoms with van der Waals surface area (Å²) in [6, 6.07) is 17.6. The second kappa shape index (κ2) is 9.81. The maximum atomic E-state index is 12.3. The van der Waals surface area contributed by atoms with Crippen molar-refractivity contribution in [3.8, 4) is 11.1 Å². The number of nitrogens with one attached hydrogen (secondary N) is 1. The fraction of sp³-hybridized carbons (Fsp3) is 0.320. The number of hydrogen-bond donors (Lipinski definition) is 2. The van der Waals surface area contributed by atoms with Gasteiger partial charge >= 0.3 is 5.97 Å². The molecule has 0 fully saturated rings. The van der Waals surface area contributed by atoms with Gasteiger partial charge in [0.25, 0.3) is 0 Å². The molecule has 0 bridgehead atoms. The minimum Gasteiger partial charge on any atom is -0.465 e. The van der Waals surface area contributed by atoms with Gasteiger partial charge in [-0.05, 0) is 73.6 Å². The average Bonchev–Trinajstić information content (AvgIpc) is 2.94. The molecule has 0 amide bonds. The van der Waals surface area contributed by atoms with Gasteiger partial charge in [0.1, 0.15) is 0 Å². The molecule has 0 spiro atoms. The number of carbonyl (C=O) groups is 1. The van der Waals surface area contributed by atoms with E-state index in [2.05, 4.69) is 4.72 Å². The van der Waals surface area contributed by atoms with E-state index >= 15 is 0 Å². The van der Waals surface area contributed by atoms with Gasteiger partial charge < -0.3 is 9.84 Å². The quantitative estimate of drug-likeness (QED) is 0.374. The fourth-order valence-electron chi connectivity index (χ4n) is 3.65. The van der Waals surface area contributed by atoms with Gasteiger partial charge in [0.2, 0.25) is 10.0 Å². The highest BCUT2D eigenvalue weighted by atomic mass is 32.2. The highest BCUT2D eigenvalue weighted by Crippen LogP contribution is 2.35. The van der Waals surface area contributed by atoms with Crippen LogP contribution in [0.4, 0.5) is 0 Å². The lowest BCUT2D eigenvalue weighted by Gasteiger charge is -2.15. The van der Waals surface area contributed by atoms with Crippen LogP contribution in [-0.2, 0) is 26.8 Å². The Morgan fingerprint density at radius 2 is 1.66 bits per heavy atom. The Labute approximate surface area is 189 Å². The third-order valence-corrected chi connectivity index (χ3v) is 6.91. The van der Waals surface area contributed by atoms with Crippen molar-refractivity contribution in [3.63, 3.8) is 0 Å². The van der Waals surface area contributed by atoms with Crippen LogP contribution >= 0.6 is 0 Å². The highest BCUT2D eigenvalue weighted by molar-refractivity contribution is 7.89. The smallest absolute Gasteiger partial charge is 0.338 e. The highest BCUT2D eigenvalue weighted by Gasteiger charge is 2.22. The van der Waals surface area contributed by atoms with Crippen molar-refractivity contribution < 1.29 is 23.1 Å². The van der Waals surface area contributed by atoms with E-state index in [1.807, 2.05) is 30.3 Å². The van der Waals surface area contributed by atoms with Crippen LogP contribution in [0.1, 0.15) is 48.2 Å². The molecule has 0 aromatic heterocycles. The van der Waals surface area contributed by atoms with Gasteiger partial charge in [-0.2, -0.15) is 0 Å². The van der Waals surface area contributed by atoms with Crippen LogP contribution < -0.4 is 4.72 Å². The molecule has 2 aliphatic rings. The molecular formula is C25H29NO5S. The van der Waals surface area contributed by atoms with Crippen LogP contribution in [0.25, 0.3) is 11.1 Å². The summed E-state index contributed by atoms with van der Waals surface area (Å²) in [7, 11) is -2.16. The van der Waals surface area contributed by atoms with Gasteiger partial charge in [-0.25, -0.2) is 17.9 Å². The van der Waals surface area contributed by atoms with E-state index in [4.69, 9.17) is 4.74 Å². The lowest BCUT2D eigenvalue weighted by Crippen LogP contribution is -2.24. The van der Waals surface area contributed by atoms with Crippen molar-refractivity contribution >= 4 is 16.0 Å². The summed E-state index contributed by atoms with van der Waals surface area (Å²) >= 11 is 0. The summed E-state index contributed by atoms with van der Waals surface area (Å²) in [5.41, 5.74) is 2.91. The number of hydrogen-bond acceptors (Lipinski definition) is 5. The van der Waals surface area contributed by atoms with E-state index in [1.54, 1.807) is 44.2 Å². The Morgan fingerprint density at radius 3 is 2.28 bits per heavy atom. The predicted octanol–water partition coefficient (Wildman–Crippen LogP) is 4.11. The number of ether oxygens (including phenoxy) is 1. The van der Waals surface area contributed by atoms with Crippen LogP contribution in [0.5, 0.6) is 0 Å². The zero-order valence-electron chi connectivity index (χ0n) is 18.6. The molecule has 2 aliphatic carbocycles. The number of methoxy groups -OCH3 is 1. The summed E-state index contributed by atoms with van der Waals surface area (Å²) in [5.74, 6) is -0.409. The Morgan fingerprint density at radius 1 is 1.00 bits per heavy atom. The van der Waals surface area contributed by atoms with Crippen molar-refractivity contribution in [2.75, 3.05) is 13.7 Å². The third-order valence-electron chi connectivity index (χ3n) is 5.43. The first-order chi connectivity index (χ1) is 15.1. The molecule has 0 atom stereocenters. The number of rotatable bonds is 9. The van der Waals surface area contributed by atoms with E-state index in [0.29, 0.717) is 24.9 Å². The molecule has 0 unspecified atom stereocenters. The maximum Gasteiger partial charge on any atom is 0.338 e. The number of carbonyl (C=O) groups excluding carboxylic acids is 1. The average molecular weight is 456 g/mol. The lowest BCUT2D eigenvalue weighted by atomic mass is 10.0. The second-order valence-corrected chi connectivity index (χ2v) is 10.0. The number of sulfonamides is 1. The Hall–Kier alpha value is -2.74. The molecule has 0 radical (unpaired) electrons. The maximum absolute atomic E-state index is 12.3. The van der Waals surface area contributed by atoms with Crippen molar-refractivity contribution in [1.82, 2.24) is 4.72 Å². The normalized spacial score (nSPS) is 12.1. The Balaban J connectivity index is 1.72. The van der Waals surface area contributed by atoms with Crippen LogP contribution in [0.3, 0.4) is 0 Å². The zero-order valence-corrected chi connectivity index (χ0v) is 19.4. The minimum absolute atomic E-state index is 0.250. The van der Waals surface area contributed by atoms with E-state index in [1.165, 1.54) is 7.11 Å². The van der Waals surface area contributed by atoms with Crippen molar-refractivity contribution in [2.24, 2.45) is 0 Å². The van der Waals surface area contributed by atoms with Crippen molar-refractivity contribution in [2.45, 2.75) is 43.6 Å². The number of aliphatic hydroxyl groups is 1. The lowest BCUT2D eigenvalue weighted by molar-refractivity contribution is 0.0602. The molecule has 6 nitrogen and oxygen atoms in total. The van der Waals surface area contributed by atoms with Crippen LogP contribution in [0, 0.1) is 0 Å². The van der Waals surface area contributed by atoms with E-state index in [-0.39, 0.29) is 4.90 Å². The van der Waals surface area contributed by atoms with Gasteiger partial charge in [0.15, 0.2) is 0 Å². The topological polar surface area (TPSA) is 92.7 Å². The molecule has 0 saturated heterocycles. The fourth-order valence-corrected chi connectivity index (χ4v) is 4.74. The number of unbranched alkanes of at least 4 members (excludes halogenated alkanes) is 1. The van der Waals surface area contributed by atoms with Crippen LogP contribution in [0.2, 0.25) is 0 Å². The first-order valence-corrected chi connectivity index (χ1v) is 12.0. The van der Waals surface area contributed by atoms with E-state index < -0.39 is 21.6 Å². The molecule has 2 N–H and O–H groups in total. The summed E-state index contributed by atoms with van der Waals surface area (Å²) < 4.78 is 32.2. The second-order valence-electron chi connectivity index (χ2n) is 8.25. The number of benzene rings is 1. The summed E-state index contributed by atoms with van der Waals surface area (Å²) in [6.45, 7) is 3.76. The van der Waals surface area contributed by atoms with Gasteiger partial charge in [0.05, 0.1) is 23.2 Å². The molecule has 170 valence electrons. The van der Waals surface area contributed by atoms with Gasteiger partial charge in [-0.3, -0.25) is 0 Å². The summed E-state index contributed by atoms with van der Waals surface area (Å²) in [4.78, 5) is 12.5. The zero-order chi connectivity index (χ0) is 23.4. The van der Waals surface area contributed by atoms with Crippen LogP contribution in [0.15, 0.2) is 65.6 Å². The number of aryl methyl sites for hydroxylation is 1. The first-order valence-electron chi connectivity index (χ1n) is 10.5. The van der Waals surface area contributed by atoms with Gasteiger partial charge in [-0.15, -0.1) is 0 Å². The van der Waals surface area contributed by atoms with Crippen LogP contribution in [-0.4, -0.2) is 33.1 Å². The monoisotopic (exact) mass is 455 g/mol. The number of esters is 1. The SMILES string of the molecule is COC(=O)c1cc(CCCCNS(=O)(=O)c2ccccc2)c2ccc(C(C)(C)O)ccc1-2. The molecule has 7 heteroatoms. The number of fused-ring (bicyclic) bond motifs is 1. The van der Waals surface area contributed by atoms with Crippen molar-refractivity contribution in [1.29, 1.82) is 0 Å². The molecule has 0 saturated carbocycles. The Kier molecular flexibility index (Phi) is 7.33. The van der Waals surface area contributed by atoms with Gasteiger partial charge in [0, 0.05) is 6.54 Å². The Bertz CT molecular complexity index is 1150. The molecule has 32 heavy (non-hydrogen) atoms. The minimum atomic E-state index is -3.51. The molecule has 3 rings (SSSR count). The third kappa shape index (κ3) is 5.54. The first kappa shape index (κ1) is 23.9. The summed E-state index contributed by atoms with van der Waals surface area (Å²) in [5, 5.41) is 10.3. The van der Waals surface area contributed by atoms with E-state index in [9.17, 15) is 18.3 Å². The predicted molar refractivity (Wildman–Crippen MR) is 124 cm³/mol. The molecular weight excluding hydrogens is 426 g/mol. The van der Waals surface area contributed by atoms with Crippen molar-refractivity contribution in [3.05, 3.63) is 77.4 Å². The van der Waals surface area contributed by atoms with E-state index in [0.717, 1.165) is 28.7 Å². The standard InChI is InChI=1S/C25H29NO5S/c1-25(2,28)19-12-14-21-18(17-23(24(27)31-3)22(21)15-13-19)9-7-8-16-26-32(29,30)20-10-5-4-6-11-20/h4-6,10-15,17,26,28H,7-9,16H2,1-3H3. The van der Waals surface area contributed by atoms with Gasteiger partial charge in [-0.1, -0.05) is 42.5 Å². The molecule has 0 heterocycles.